The van der Waals surface area contributed by atoms with Crippen LogP contribution in [0.5, 0.6) is 5.75 Å². The minimum Gasteiger partial charge on any atom is -0.497 e. The minimum atomic E-state index is 0.257. The third-order valence-corrected chi connectivity index (χ3v) is 6.46. The van der Waals surface area contributed by atoms with Gasteiger partial charge < -0.3 is 14.5 Å². The molecule has 1 amide bonds. The number of carbonyl (C=O) groups is 1. The van der Waals surface area contributed by atoms with Crippen LogP contribution in [0.25, 0.3) is 0 Å². The van der Waals surface area contributed by atoms with Crippen molar-refractivity contribution < 1.29 is 9.53 Å². The summed E-state index contributed by atoms with van der Waals surface area (Å²) in [5, 5.41) is 0. The number of benzene rings is 2. The third kappa shape index (κ3) is 5.14. The lowest BCUT2D eigenvalue weighted by Crippen LogP contribution is -2.51. The van der Waals surface area contributed by atoms with Crippen molar-refractivity contribution in [3.8, 4) is 5.75 Å². The molecule has 30 heavy (non-hydrogen) atoms. The highest BCUT2D eigenvalue weighted by molar-refractivity contribution is 5.78. The Morgan fingerprint density at radius 1 is 1.07 bits per heavy atom. The van der Waals surface area contributed by atoms with Gasteiger partial charge in [0, 0.05) is 50.5 Å². The number of rotatable bonds is 8. The summed E-state index contributed by atoms with van der Waals surface area (Å²) in [6, 6.07) is 18.9. The van der Waals surface area contributed by atoms with Crippen molar-refractivity contribution in [2.45, 2.75) is 32.4 Å². The van der Waals surface area contributed by atoms with Crippen molar-refractivity contribution in [1.82, 2.24) is 9.80 Å². The molecule has 1 atom stereocenters. The molecule has 2 aromatic carbocycles. The highest BCUT2D eigenvalue weighted by Gasteiger charge is 2.35. The van der Waals surface area contributed by atoms with Gasteiger partial charge in [0.2, 0.25) is 5.91 Å². The first kappa shape index (κ1) is 20.7. The first-order chi connectivity index (χ1) is 14.6. The number of hydrogen-bond donors (Lipinski definition) is 0. The smallest absolute Gasteiger partial charge is 0.237 e. The molecule has 0 radical (unpaired) electrons. The van der Waals surface area contributed by atoms with Gasteiger partial charge in [-0.25, -0.2) is 0 Å². The van der Waals surface area contributed by atoms with Crippen LogP contribution in [-0.4, -0.2) is 61.6 Å². The number of amides is 1. The number of hydrogen-bond acceptors (Lipinski definition) is 4. The molecule has 1 aliphatic heterocycles. The summed E-state index contributed by atoms with van der Waals surface area (Å²) in [6.07, 6.45) is 2.50. The maximum Gasteiger partial charge on any atom is 0.237 e. The normalized spacial score (nSPS) is 18.1. The van der Waals surface area contributed by atoms with E-state index in [4.69, 9.17) is 4.74 Å². The molecule has 0 N–H and O–H groups in total. The SMILES string of the molecule is COc1cccc(N2CCN(CC(=O)N(Cc3ccccc3)[C@H](C)C3CC3)CC2)c1. The van der Waals surface area contributed by atoms with Crippen LogP contribution in [0.15, 0.2) is 54.6 Å². The van der Waals surface area contributed by atoms with E-state index in [1.807, 2.05) is 18.2 Å². The van der Waals surface area contributed by atoms with E-state index >= 15 is 0 Å². The summed E-state index contributed by atoms with van der Waals surface area (Å²) >= 11 is 0. The van der Waals surface area contributed by atoms with Crippen LogP contribution in [0.1, 0.15) is 25.3 Å². The lowest BCUT2D eigenvalue weighted by Gasteiger charge is -2.37. The molecule has 1 aliphatic carbocycles. The Hall–Kier alpha value is -2.53. The molecule has 1 heterocycles. The van der Waals surface area contributed by atoms with Crippen LogP contribution in [0.4, 0.5) is 5.69 Å². The van der Waals surface area contributed by atoms with Gasteiger partial charge >= 0.3 is 0 Å². The molecule has 0 spiro atoms. The van der Waals surface area contributed by atoms with Gasteiger partial charge in [-0.1, -0.05) is 36.4 Å². The Morgan fingerprint density at radius 2 is 1.80 bits per heavy atom. The van der Waals surface area contributed by atoms with Crippen LogP contribution in [0, 0.1) is 5.92 Å². The molecule has 2 aliphatic rings. The molecular weight excluding hydrogens is 374 g/mol. The van der Waals surface area contributed by atoms with Gasteiger partial charge in [-0.15, -0.1) is 0 Å². The summed E-state index contributed by atoms with van der Waals surface area (Å²) in [4.78, 5) is 20.1. The fourth-order valence-electron chi connectivity index (χ4n) is 4.33. The molecule has 160 valence electrons. The van der Waals surface area contributed by atoms with Gasteiger partial charge in [-0.3, -0.25) is 9.69 Å². The van der Waals surface area contributed by atoms with E-state index in [0.717, 1.165) is 31.9 Å². The highest BCUT2D eigenvalue weighted by Crippen LogP contribution is 2.35. The van der Waals surface area contributed by atoms with Gasteiger partial charge in [0.05, 0.1) is 13.7 Å². The summed E-state index contributed by atoms with van der Waals surface area (Å²) in [7, 11) is 1.70. The highest BCUT2D eigenvalue weighted by atomic mass is 16.5. The zero-order valence-electron chi connectivity index (χ0n) is 18.2. The number of methoxy groups -OCH3 is 1. The van der Waals surface area contributed by atoms with Gasteiger partial charge in [-0.2, -0.15) is 0 Å². The van der Waals surface area contributed by atoms with Crippen LogP contribution < -0.4 is 9.64 Å². The topological polar surface area (TPSA) is 36.0 Å². The Morgan fingerprint density at radius 3 is 2.47 bits per heavy atom. The van der Waals surface area contributed by atoms with E-state index < -0.39 is 0 Å². The summed E-state index contributed by atoms with van der Waals surface area (Å²) < 4.78 is 5.35. The van der Waals surface area contributed by atoms with Crippen molar-refractivity contribution in [3.05, 3.63) is 60.2 Å². The standard InChI is InChI=1S/C25H33N3O2/c1-20(22-11-12-22)28(18-21-7-4-3-5-8-21)25(29)19-26-13-15-27(16-14-26)23-9-6-10-24(17-23)30-2/h3-10,17,20,22H,11-16,18-19H2,1-2H3/t20-/m1/s1. The Balaban J connectivity index is 1.35. The van der Waals surface area contributed by atoms with Crippen LogP contribution in [-0.2, 0) is 11.3 Å². The summed E-state index contributed by atoms with van der Waals surface area (Å²) in [5.41, 5.74) is 2.40. The Labute approximate surface area is 180 Å². The van der Waals surface area contributed by atoms with E-state index in [1.165, 1.54) is 24.1 Å². The van der Waals surface area contributed by atoms with E-state index in [1.54, 1.807) is 7.11 Å². The second kappa shape index (κ2) is 9.52. The quantitative estimate of drug-likeness (QED) is 0.669. The molecule has 0 bridgehead atoms. The summed E-state index contributed by atoms with van der Waals surface area (Å²) in [6.45, 7) is 7.10. The van der Waals surface area contributed by atoms with Crippen LogP contribution in [0.2, 0.25) is 0 Å². The van der Waals surface area contributed by atoms with E-state index in [-0.39, 0.29) is 5.91 Å². The van der Waals surface area contributed by atoms with E-state index in [2.05, 4.69) is 58.0 Å². The van der Waals surface area contributed by atoms with Crippen LogP contribution in [0.3, 0.4) is 0 Å². The fourth-order valence-corrected chi connectivity index (χ4v) is 4.33. The maximum atomic E-state index is 13.3. The predicted octanol–water partition coefficient (Wildman–Crippen LogP) is 3.64. The molecule has 1 saturated carbocycles. The number of ether oxygens (including phenoxy) is 1. The van der Waals surface area contributed by atoms with E-state index in [0.29, 0.717) is 25.0 Å². The van der Waals surface area contributed by atoms with Gasteiger partial charge in [0.1, 0.15) is 5.75 Å². The predicted molar refractivity (Wildman–Crippen MR) is 121 cm³/mol. The van der Waals surface area contributed by atoms with Crippen molar-refractivity contribution in [3.63, 3.8) is 0 Å². The molecule has 1 saturated heterocycles. The molecule has 2 fully saturated rings. The fraction of sp³-hybridized carbons (Fsp3) is 0.480. The zero-order valence-corrected chi connectivity index (χ0v) is 18.2. The average Bonchev–Trinajstić information content (AvgIpc) is 3.64. The molecule has 5 nitrogen and oxygen atoms in total. The van der Waals surface area contributed by atoms with Crippen molar-refractivity contribution >= 4 is 11.6 Å². The zero-order chi connectivity index (χ0) is 20.9. The van der Waals surface area contributed by atoms with Gasteiger partial charge in [0.25, 0.3) is 0 Å². The molecular formula is C25H33N3O2. The minimum absolute atomic E-state index is 0.257. The first-order valence-electron chi connectivity index (χ1n) is 11.1. The third-order valence-electron chi connectivity index (χ3n) is 6.46. The lowest BCUT2D eigenvalue weighted by atomic mass is 10.1. The molecule has 0 unspecified atom stereocenters. The first-order valence-corrected chi connectivity index (χ1v) is 11.1. The second-order valence-corrected chi connectivity index (χ2v) is 8.55. The Kier molecular flexibility index (Phi) is 6.58. The van der Waals surface area contributed by atoms with Crippen molar-refractivity contribution in [1.29, 1.82) is 0 Å². The van der Waals surface area contributed by atoms with Crippen molar-refractivity contribution in [2.24, 2.45) is 5.92 Å². The number of anilines is 1. The Bertz CT molecular complexity index is 829. The molecule has 5 heteroatoms. The monoisotopic (exact) mass is 407 g/mol. The van der Waals surface area contributed by atoms with Gasteiger partial charge in [0.15, 0.2) is 0 Å². The van der Waals surface area contributed by atoms with Crippen molar-refractivity contribution in [2.75, 3.05) is 44.7 Å². The molecule has 0 aromatic heterocycles. The van der Waals surface area contributed by atoms with Gasteiger partial charge in [-0.05, 0) is 43.4 Å². The van der Waals surface area contributed by atoms with E-state index in [9.17, 15) is 4.79 Å². The summed E-state index contributed by atoms with van der Waals surface area (Å²) in [5.74, 6) is 1.81. The number of nitrogens with zero attached hydrogens (tertiary/aromatic N) is 3. The molecule has 4 rings (SSSR count). The number of carbonyl (C=O) groups excluding carboxylic acids is 1. The van der Waals surface area contributed by atoms with Crippen LogP contribution >= 0.6 is 0 Å². The molecule has 2 aromatic rings. The largest absolute Gasteiger partial charge is 0.497 e. The lowest BCUT2D eigenvalue weighted by molar-refractivity contribution is -0.135. The number of piperazine rings is 1. The maximum absolute atomic E-state index is 13.3. The second-order valence-electron chi connectivity index (χ2n) is 8.55. The average molecular weight is 408 g/mol.